The van der Waals surface area contributed by atoms with Crippen LogP contribution in [0.2, 0.25) is 0 Å². The molecule has 3 heterocycles. The molecule has 1 aromatic carbocycles. The lowest BCUT2D eigenvalue weighted by Gasteiger charge is -2.59. The van der Waals surface area contributed by atoms with E-state index in [1.165, 1.54) is 12.8 Å². The second kappa shape index (κ2) is 8.85. The second-order valence-corrected chi connectivity index (χ2v) is 9.69. The zero-order valence-corrected chi connectivity index (χ0v) is 17.9. The van der Waals surface area contributed by atoms with Crippen LogP contribution in [0.4, 0.5) is 4.79 Å². The molecule has 164 valence electrons. The first kappa shape index (κ1) is 20.3. The van der Waals surface area contributed by atoms with Crippen molar-refractivity contribution in [3.05, 3.63) is 35.9 Å². The third kappa shape index (κ3) is 4.23. The third-order valence-electron chi connectivity index (χ3n) is 7.83. The highest BCUT2D eigenvalue weighted by Crippen LogP contribution is 2.49. The van der Waals surface area contributed by atoms with Gasteiger partial charge in [-0.05, 0) is 63.1 Å². The Balaban J connectivity index is 1.05. The van der Waals surface area contributed by atoms with Crippen LogP contribution in [0.3, 0.4) is 0 Å². The van der Waals surface area contributed by atoms with E-state index >= 15 is 0 Å². The van der Waals surface area contributed by atoms with Crippen LogP contribution < -0.4 is 10.6 Å². The number of rotatable bonds is 5. The maximum absolute atomic E-state index is 12.5. The van der Waals surface area contributed by atoms with Gasteiger partial charge in [0.2, 0.25) is 0 Å². The summed E-state index contributed by atoms with van der Waals surface area (Å²) in [6, 6.07) is 10.5. The number of benzene rings is 1. The lowest BCUT2D eigenvalue weighted by Crippen LogP contribution is -2.70. The topological polar surface area (TPSA) is 62.8 Å². The van der Waals surface area contributed by atoms with Crippen LogP contribution in [0.25, 0.3) is 0 Å². The first-order valence-corrected chi connectivity index (χ1v) is 11.8. The number of carbonyl (C=O) groups excluding carboxylic acids is 1. The molecule has 6 heteroatoms. The molecule has 2 N–H and O–H groups in total. The maximum Gasteiger partial charge on any atom is 0.410 e. The molecule has 1 atom stereocenters. The van der Waals surface area contributed by atoms with E-state index in [2.05, 4.69) is 10.6 Å². The van der Waals surface area contributed by atoms with Gasteiger partial charge in [0.1, 0.15) is 6.61 Å². The molecule has 6 nitrogen and oxygen atoms in total. The first-order chi connectivity index (χ1) is 14.7. The van der Waals surface area contributed by atoms with Crippen LogP contribution in [0.1, 0.15) is 44.1 Å². The summed E-state index contributed by atoms with van der Waals surface area (Å²) >= 11 is 0. The number of likely N-dealkylation sites (tertiary alicyclic amines) is 1. The molecular formula is C24H35N3O3. The molecule has 3 saturated heterocycles. The van der Waals surface area contributed by atoms with E-state index in [1.807, 2.05) is 35.2 Å². The lowest BCUT2D eigenvalue weighted by molar-refractivity contribution is -0.122. The summed E-state index contributed by atoms with van der Waals surface area (Å²) in [5.41, 5.74) is 1.41. The van der Waals surface area contributed by atoms with Gasteiger partial charge in [0.15, 0.2) is 0 Å². The quantitative estimate of drug-likeness (QED) is 0.777. The molecular weight excluding hydrogens is 378 g/mol. The molecule has 4 aliphatic rings. The Labute approximate surface area is 179 Å². The Kier molecular flexibility index (Phi) is 5.98. The van der Waals surface area contributed by atoms with Crippen molar-refractivity contribution in [1.82, 2.24) is 15.5 Å². The number of hydrogen-bond donors (Lipinski definition) is 2. The number of ether oxygens (including phenoxy) is 2. The van der Waals surface area contributed by atoms with E-state index in [1.54, 1.807) is 0 Å². The van der Waals surface area contributed by atoms with Crippen LogP contribution in [-0.2, 0) is 16.1 Å². The summed E-state index contributed by atoms with van der Waals surface area (Å²) in [6.45, 7) is 5.27. The van der Waals surface area contributed by atoms with Gasteiger partial charge in [-0.2, -0.15) is 0 Å². The minimum atomic E-state index is -0.170. The molecule has 0 bridgehead atoms. The molecule has 30 heavy (non-hydrogen) atoms. The Hall–Kier alpha value is -1.63. The van der Waals surface area contributed by atoms with Gasteiger partial charge in [-0.3, -0.25) is 0 Å². The van der Waals surface area contributed by atoms with E-state index < -0.39 is 0 Å². The van der Waals surface area contributed by atoms with Crippen molar-refractivity contribution in [3.63, 3.8) is 0 Å². The van der Waals surface area contributed by atoms with Crippen LogP contribution in [0, 0.1) is 11.3 Å². The summed E-state index contributed by atoms with van der Waals surface area (Å²) in [4.78, 5) is 14.4. The normalized spacial score (nSPS) is 31.1. The van der Waals surface area contributed by atoms with Gasteiger partial charge in [-0.1, -0.05) is 30.3 Å². The molecule has 1 unspecified atom stereocenters. The van der Waals surface area contributed by atoms with Crippen molar-refractivity contribution in [2.45, 2.75) is 63.4 Å². The Morgan fingerprint density at radius 1 is 1.07 bits per heavy atom. The Morgan fingerprint density at radius 3 is 2.47 bits per heavy atom. The molecule has 0 radical (unpaired) electrons. The van der Waals surface area contributed by atoms with E-state index in [0.29, 0.717) is 30.3 Å². The highest BCUT2D eigenvalue weighted by molar-refractivity contribution is 5.67. The molecule has 5 rings (SSSR count). The van der Waals surface area contributed by atoms with Gasteiger partial charge in [0.25, 0.3) is 0 Å². The highest BCUT2D eigenvalue weighted by Gasteiger charge is 2.54. The van der Waals surface area contributed by atoms with Crippen molar-refractivity contribution >= 4 is 6.09 Å². The number of nitrogens with one attached hydrogen (secondary N) is 2. The van der Waals surface area contributed by atoms with Crippen molar-refractivity contribution in [2.75, 3.05) is 32.7 Å². The van der Waals surface area contributed by atoms with E-state index in [4.69, 9.17) is 9.47 Å². The van der Waals surface area contributed by atoms with Crippen molar-refractivity contribution in [2.24, 2.45) is 11.3 Å². The van der Waals surface area contributed by atoms with E-state index in [0.717, 1.165) is 69.9 Å². The summed E-state index contributed by atoms with van der Waals surface area (Å²) in [5, 5.41) is 7.13. The van der Waals surface area contributed by atoms with Crippen LogP contribution in [0.5, 0.6) is 0 Å². The summed E-state index contributed by atoms with van der Waals surface area (Å²) in [7, 11) is 0. The number of piperidine rings is 2. The zero-order chi connectivity index (χ0) is 20.4. The van der Waals surface area contributed by atoms with Crippen molar-refractivity contribution in [3.8, 4) is 0 Å². The fourth-order valence-electron chi connectivity index (χ4n) is 5.80. The van der Waals surface area contributed by atoms with Gasteiger partial charge < -0.3 is 25.0 Å². The SMILES string of the molecule is O=C(OCc1ccccc1)N1CCC2(CC1)CNC2C1CC(OC2CCNCC2)C1. The average molecular weight is 414 g/mol. The molecule has 0 aromatic heterocycles. The predicted octanol–water partition coefficient (Wildman–Crippen LogP) is 2.92. The minimum absolute atomic E-state index is 0.170. The fraction of sp³-hybridized carbons (Fsp3) is 0.708. The van der Waals surface area contributed by atoms with Gasteiger partial charge in [-0.15, -0.1) is 0 Å². The molecule has 1 spiro atoms. The van der Waals surface area contributed by atoms with Gasteiger partial charge in [0, 0.05) is 31.1 Å². The lowest BCUT2D eigenvalue weighted by atomic mass is 9.58. The Bertz CT molecular complexity index is 708. The second-order valence-electron chi connectivity index (χ2n) is 9.69. The molecule has 1 aromatic rings. The van der Waals surface area contributed by atoms with E-state index in [-0.39, 0.29) is 6.09 Å². The van der Waals surface area contributed by atoms with Gasteiger partial charge in [-0.25, -0.2) is 4.79 Å². The standard InChI is InChI=1S/C24H35N3O3/c28-23(29-16-18-4-2-1-3-5-18)27-12-8-24(9-13-27)17-26-22(24)19-14-21(15-19)30-20-6-10-25-11-7-20/h1-5,19-22,25-26H,6-17H2. The third-order valence-corrected chi connectivity index (χ3v) is 7.83. The van der Waals surface area contributed by atoms with Crippen LogP contribution in [0.15, 0.2) is 30.3 Å². The number of amides is 1. The maximum atomic E-state index is 12.5. The molecule has 3 aliphatic heterocycles. The molecule has 1 aliphatic carbocycles. The smallest absolute Gasteiger partial charge is 0.410 e. The minimum Gasteiger partial charge on any atom is -0.445 e. The van der Waals surface area contributed by atoms with Crippen molar-refractivity contribution < 1.29 is 14.3 Å². The highest BCUT2D eigenvalue weighted by atomic mass is 16.6. The van der Waals surface area contributed by atoms with Crippen molar-refractivity contribution in [1.29, 1.82) is 0 Å². The Morgan fingerprint density at radius 2 is 1.80 bits per heavy atom. The zero-order valence-electron chi connectivity index (χ0n) is 17.9. The largest absolute Gasteiger partial charge is 0.445 e. The number of carbonyl (C=O) groups is 1. The summed E-state index contributed by atoms with van der Waals surface area (Å²) in [6.07, 6.45) is 7.64. The molecule has 4 fully saturated rings. The predicted molar refractivity (Wildman–Crippen MR) is 115 cm³/mol. The summed E-state index contributed by atoms with van der Waals surface area (Å²) < 4.78 is 11.9. The van der Waals surface area contributed by atoms with Gasteiger partial charge in [0.05, 0.1) is 12.2 Å². The number of hydrogen-bond acceptors (Lipinski definition) is 5. The number of nitrogens with zero attached hydrogens (tertiary/aromatic N) is 1. The van der Waals surface area contributed by atoms with E-state index in [9.17, 15) is 4.79 Å². The van der Waals surface area contributed by atoms with Crippen LogP contribution in [-0.4, -0.2) is 62.0 Å². The molecule has 1 amide bonds. The average Bonchev–Trinajstić information content (AvgIpc) is 2.77. The van der Waals surface area contributed by atoms with Crippen LogP contribution >= 0.6 is 0 Å². The fourth-order valence-corrected chi connectivity index (χ4v) is 5.80. The molecule has 1 saturated carbocycles. The summed E-state index contributed by atoms with van der Waals surface area (Å²) in [5.74, 6) is 0.738. The monoisotopic (exact) mass is 413 g/mol. The first-order valence-electron chi connectivity index (χ1n) is 11.8. The van der Waals surface area contributed by atoms with Gasteiger partial charge >= 0.3 is 6.09 Å².